The molecule has 14 nitrogen and oxygen atoms in total. The topological polar surface area (TPSA) is 191 Å². The maximum Gasteiger partial charge on any atom is 0.323 e. The number of aromatic nitrogens is 7. The van der Waals surface area contributed by atoms with Gasteiger partial charge in [-0.1, -0.05) is 32.0 Å². The molecule has 1 aromatic carbocycles. The number of fused-ring (bicyclic) bond motifs is 4. The van der Waals surface area contributed by atoms with Gasteiger partial charge in [-0.25, -0.2) is 9.97 Å². The lowest BCUT2D eigenvalue weighted by atomic mass is 9.85. The highest BCUT2D eigenvalue weighted by Gasteiger charge is 2.32. The second-order valence-corrected chi connectivity index (χ2v) is 11.4. The first-order chi connectivity index (χ1) is 21.6. The van der Waals surface area contributed by atoms with E-state index in [1.165, 1.54) is 16.6 Å². The van der Waals surface area contributed by atoms with Crippen molar-refractivity contribution >= 4 is 52.2 Å². The number of hydrogen-bond acceptors (Lipinski definition) is 10. The lowest BCUT2D eigenvalue weighted by molar-refractivity contribution is -0.148. The molecule has 1 unspecified atom stereocenters. The number of ketones is 1. The van der Waals surface area contributed by atoms with E-state index in [0.29, 0.717) is 5.65 Å². The van der Waals surface area contributed by atoms with Gasteiger partial charge in [0.15, 0.2) is 16.9 Å². The number of aryl methyl sites for hydroxylation is 2. The first-order valence-corrected chi connectivity index (χ1v) is 14.9. The van der Waals surface area contributed by atoms with Crippen molar-refractivity contribution in [3.05, 3.63) is 70.4 Å². The summed E-state index contributed by atoms with van der Waals surface area (Å²) in [4.78, 5) is 50.8. The van der Waals surface area contributed by atoms with E-state index in [-0.39, 0.29) is 61.4 Å². The van der Waals surface area contributed by atoms with Crippen LogP contribution in [0.2, 0.25) is 0 Å². The number of H-pyrrole nitrogens is 1. The molecule has 15 heteroatoms. The number of nitrogens with two attached hydrogens (primary N) is 2. The van der Waals surface area contributed by atoms with Gasteiger partial charge in [0.1, 0.15) is 25.2 Å². The zero-order valence-electron chi connectivity index (χ0n) is 26.3. The van der Waals surface area contributed by atoms with Crippen LogP contribution in [0, 0.1) is 18.8 Å². The van der Waals surface area contributed by atoms with Gasteiger partial charge < -0.3 is 30.1 Å². The number of rotatable bonds is 9. The van der Waals surface area contributed by atoms with Crippen LogP contribution in [0.4, 0.5) is 5.95 Å². The Morgan fingerprint density at radius 3 is 2.63 bits per heavy atom. The number of nitrogens with zero attached hydrogens (tertiary/aromatic N) is 6. The Bertz CT molecular complexity index is 1890. The molecule has 2 atom stereocenters. The minimum atomic E-state index is -0.647. The maximum atomic E-state index is 13.0. The number of aromatic amines is 1. The lowest BCUT2D eigenvalue weighted by Crippen LogP contribution is -2.37. The number of benzene rings is 1. The molecular weight excluding hydrogens is 614 g/mol. The number of Topliss-reactive ketones (excluding diaryl/α,β-unsaturated/α-hetero) is 1. The highest BCUT2D eigenvalue weighted by atomic mass is 35.5. The van der Waals surface area contributed by atoms with Gasteiger partial charge in [0.05, 0.1) is 12.9 Å². The molecule has 46 heavy (non-hydrogen) atoms. The molecule has 1 aliphatic carbocycles. The van der Waals surface area contributed by atoms with Gasteiger partial charge in [-0.15, -0.1) is 12.4 Å². The average Bonchev–Trinajstić information content (AvgIpc) is 3.70. The third-order valence-corrected chi connectivity index (χ3v) is 8.10. The number of hydrogen-bond donors (Lipinski definition) is 3. The largest absolute Gasteiger partial charge is 0.462 e. The molecule has 5 aromatic rings. The molecule has 4 heterocycles. The number of carbonyl (C=O) groups is 2. The number of carbonyl (C=O) groups excluding carboxylic acids is 2. The minimum Gasteiger partial charge on any atom is -0.462 e. The molecule has 0 fully saturated rings. The van der Waals surface area contributed by atoms with Crippen molar-refractivity contribution in [3.8, 4) is 0 Å². The predicted molar refractivity (Wildman–Crippen MR) is 176 cm³/mol. The van der Waals surface area contributed by atoms with E-state index in [2.05, 4.69) is 48.3 Å². The van der Waals surface area contributed by atoms with Gasteiger partial charge in [-0.2, -0.15) is 4.98 Å². The third-order valence-electron chi connectivity index (χ3n) is 8.10. The van der Waals surface area contributed by atoms with Crippen LogP contribution in [-0.4, -0.2) is 64.6 Å². The summed E-state index contributed by atoms with van der Waals surface area (Å²) in [5, 5.41) is 1.09. The number of halogens is 1. The summed E-state index contributed by atoms with van der Waals surface area (Å²) in [6.45, 7) is 6.75. The van der Waals surface area contributed by atoms with E-state index >= 15 is 0 Å². The molecule has 0 spiro atoms. The molecule has 0 bridgehead atoms. The summed E-state index contributed by atoms with van der Waals surface area (Å²) in [5.74, 6) is 0.850. The van der Waals surface area contributed by atoms with E-state index in [1.54, 1.807) is 6.20 Å². The molecular formula is C31H40ClN9O5. The minimum absolute atomic E-state index is 0. The normalized spacial score (nSPS) is 14.9. The molecule has 0 aliphatic heterocycles. The first kappa shape index (κ1) is 34.3. The number of ether oxygens (including phenoxy) is 2. The smallest absolute Gasteiger partial charge is 0.323 e. The van der Waals surface area contributed by atoms with Crippen LogP contribution in [-0.2, 0) is 41.0 Å². The number of anilines is 1. The molecule has 1 aliphatic rings. The van der Waals surface area contributed by atoms with Crippen LogP contribution in [0.3, 0.4) is 0 Å². The van der Waals surface area contributed by atoms with Crippen LogP contribution in [0.15, 0.2) is 47.8 Å². The summed E-state index contributed by atoms with van der Waals surface area (Å²) in [6, 6.07) is 7.56. The van der Waals surface area contributed by atoms with E-state index in [0.717, 1.165) is 41.7 Å². The van der Waals surface area contributed by atoms with Crippen molar-refractivity contribution in [1.29, 1.82) is 0 Å². The van der Waals surface area contributed by atoms with Crippen molar-refractivity contribution in [2.24, 2.45) is 24.6 Å². The van der Waals surface area contributed by atoms with Crippen LogP contribution in [0.5, 0.6) is 0 Å². The second kappa shape index (κ2) is 14.7. The average molecular weight is 654 g/mol. The predicted octanol–water partition coefficient (Wildman–Crippen LogP) is 2.75. The highest BCUT2D eigenvalue weighted by Crippen LogP contribution is 2.34. The van der Waals surface area contributed by atoms with Gasteiger partial charge in [0, 0.05) is 54.1 Å². The van der Waals surface area contributed by atoms with Crippen molar-refractivity contribution in [2.45, 2.75) is 52.9 Å². The van der Waals surface area contributed by atoms with Gasteiger partial charge in [0.25, 0.3) is 5.56 Å². The van der Waals surface area contributed by atoms with Gasteiger partial charge in [-0.3, -0.25) is 23.9 Å². The van der Waals surface area contributed by atoms with Gasteiger partial charge >= 0.3 is 5.97 Å². The quantitative estimate of drug-likeness (QED) is 0.157. The summed E-state index contributed by atoms with van der Waals surface area (Å²) in [5.41, 5.74) is 14.5. The zero-order chi connectivity index (χ0) is 32.2. The SMILES string of the molecule is CC(C)[C@H](N)C(=O)OCCOCn1cnc2c(=O)[nH]c(N)nc21.Cc1nccn1CC1CCc2c(c3ccccc3n2C)C1=O.Cl. The lowest BCUT2D eigenvalue weighted by Gasteiger charge is -2.23. The Kier molecular flexibility index (Phi) is 11.0. The molecule has 0 saturated heterocycles. The number of para-hydroxylation sites is 1. The van der Waals surface area contributed by atoms with Crippen LogP contribution in [0.1, 0.15) is 42.1 Å². The van der Waals surface area contributed by atoms with E-state index in [9.17, 15) is 14.4 Å². The molecule has 0 amide bonds. The highest BCUT2D eigenvalue weighted by molar-refractivity contribution is 6.11. The Hall–Kier alpha value is -4.53. The van der Waals surface area contributed by atoms with Gasteiger partial charge in [0.2, 0.25) is 5.95 Å². The summed E-state index contributed by atoms with van der Waals surface area (Å²) < 4.78 is 16.2. The fraction of sp³-hybridized carbons (Fsp3) is 0.419. The summed E-state index contributed by atoms with van der Waals surface area (Å²) >= 11 is 0. The fourth-order valence-corrected chi connectivity index (χ4v) is 5.47. The molecule has 0 saturated carbocycles. The molecule has 5 N–H and O–H groups in total. The van der Waals surface area contributed by atoms with Crippen LogP contribution < -0.4 is 17.0 Å². The monoisotopic (exact) mass is 653 g/mol. The Morgan fingerprint density at radius 2 is 1.91 bits per heavy atom. The van der Waals surface area contributed by atoms with Crippen molar-refractivity contribution < 1.29 is 19.1 Å². The molecule has 246 valence electrons. The number of esters is 1. The fourth-order valence-electron chi connectivity index (χ4n) is 5.47. The van der Waals surface area contributed by atoms with Crippen molar-refractivity contribution in [2.75, 3.05) is 18.9 Å². The van der Waals surface area contributed by atoms with Crippen LogP contribution in [0.25, 0.3) is 22.1 Å². The third kappa shape index (κ3) is 7.14. The number of nitrogens with one attached hydrogen (secondary N) is 1. The zero-order valence-corrected chi connectivity index (χ0v) is 27.1. The molecule has 6 rings (SSSR count). The number of nitrogen functional groups attached to an aromatic ring is 1. The molecule has 0 radical (unpaired) electrons. The van der Waals surface area contributed by atoms with Crippen LogP contribution >= 0.6 is 12.4 Å². The van der Waals surface area contributed by atoms with Crippen molar-refractivity contribution in [3.63, 3.8) is 0 Å². The number of imidazole rings is 2. The van der Waals surface area contributed by atoms with E-state index in [4.69, 9.17) is 20.9 Å². The summed E-state index contributed by atoms with van der Waals surface area (Å²) in [6.07, 6.45) is 7.05. The van der Waals surface area contributed by atoms with E-state index < -0.39 is 17.6 Å². The van der Waals surface area contributed by atoms with E-state index in [1.807, 2.05) is 39.1 Å². The molecule has 4 aromatic heterocycles. The maximum absolute atomic E-state index is 13.0. The Labute approximate surface area is 271 Å². The summed E-state index contributed by atoms with van der Waals surface area (Å²) in [7, 11) is 2.06. The Balaban J connectivity index is 0.000000204. The Morgan fingerprint density at radius 1 is 1.15 bits per heavy atom. The van der Waals surface area contributed by atoms with Gasteiger partial charge in [-0.05, 0) is 31.7 Å². The second-order valence-electron chi connectivity index (χ2n) is 11.4. The van der Waals surface area contributed by atoms with Crippen molar-refractivity contribution in [1.82, 2.24) is 33.6 Å². The standard InChI is InChI=1S/C18H19N3O.C13H20N6O4.ClH/c1-12-19-9-10-21(12)11-13-7-8-16-17(18(13)22)14-5-3-4-6-15(14)20(16)2;1-7(2)8(14)12(21)23-4-3-22-6-19-5-16-9-10(19)17-13(15)18-11(9)20;/h3-6,9-10,13H,7-8,11H2,1-2H3;5,7-8H,3-4,6,14H2,1-2H3,(H3,15,17,18,20);1H/t;8-;/m.0./s1. The first-order valence-electron chi connectivity index (χ1n) is 14.9.